The van der Waals surface area contributed by atoms with E-state index in [-0.39, 0.29) is 0 Å². The molecule has 1 aliphatic rings. The zero-order valence-corrected chi connectivity index (χ0v) is 12.5. The maximum Gasteiger partial charge on any atom is 0.152 e. The van der Waals surface area contributed by atoms with E-state index < -0.39 is 0 Å². The number of pyridine rings is 1. The van der Waals surface area contributed by atoms with Crippen molar-refractivity contribution in [2.75, 3.05) is 18.0 Å². The van der Waals surface area contributed by atoms with Gasteiger partial charge in [0.25, 0.3) is 0 Å². The Morgan fingerprint density at radius 1 is 1.35 bits per heavy atom. The number of hydrogen-bond donors (Lipinski definition) is 1. The van der Waals surface area contributed by atoms with Gasteiger partial charge in [-0.25, -0.2) is 4.98 Å². The summed E-state index contributed by atoms with van der Waals surface area (Å²) in [4.78, 5) is 7.34. The summed E-state index contributed by atoms with van der Waals surface area (Å²) in [6.07, 6.45) is 5.90. The van der Waals surface area contributed by atoms with Crippen molar-refractivity contribution in [3.05, 3.63) is 30.1 Å². The van der Waals surface area contributed by atoms with Gasteiger partial charge in [0.1, 0.15) is 5.65 Å². The lowest BCUT2D eigenvalue weighted by atomic mass is 10.3. The molecule has 0 radical (unpaired) electrons. The van der Waals surface area contributed by atoms with Crippen LogP contribution in [0.4, 0.5) is 5.82 Å². The van der Waals surface area contributed by atoms with Crippen LogP contribution in [0.5, 0.6) is 0 Å². The number of anilines is 1. The molecule has 4 heteroatoms. The Hall–Kier alpha value is -1.55. The van der Waals surface area contributed by atoms with Crippen LogP contribution in [0.1, 0.15) is 38.8 Å². The third-order valence-corrected chi connectivity index (χ3v) is 3.93. The van der Waals surface area contributed by atoms with Gasteiger partial charge in [-0.2, -0.15) is 0 Å². The Morgan fingerprint density at radius 2 is 2.20 bits per heavy atom. The second-order valence-corrected chi connectivity index (χ2v) is 5.50. The second-order valence-electron chi connectivity index (χ2n) is 5.50. The quantitative estimate of drug-likeness (QED) is 0.787. The molecule has 1 fully saturated rings. The lowest BCUT2D eigenvalue weighted by Crippen LogP contribution is -2.27. The number of rotatable bonds is 7. The molecular formula is C16H24N4. The fourth-order valence-corrected chi connectivity index (χ4v) is 2.78. The first-order valence-electron chi connectivity index (χ1n) is 7.78. The number of imidazole rings is 1. The highest BCUT2D eigenvalue weighted by atomic mass is 15.3. The summed E-state index contributed by atoms with van der Waals surface area (Å²) >= 11 is 0. The van der Waals surface area contributed by atoms with Crippen LogP contribution in [-0.2, 0) is 6.54 Å². The molecule has 0 saturated heterocycles. The molecule has 2 aromatic heterocycles. The van der Waals surface area contributed by atoms with E-state index in [0.29, 0.717) is 6.04 Å². The summed E-state index contributed by atoms with van der Waals surface area (Å²) in [6.45, 7) is 7.40. The first kappa shape index (κ1) is 13.4. The number of nitrogens with one attached hydrogen (secondary N) is 1. The van der Waals surface area contributed by atoms with Gasteiger partial charge in [-0.05, 0) is 44.9 Å². The van der Waals surface area contributed by atoms with E-state index in [9.17, 15) is 0 Å². The molecule has 1 saturated carbocycles. The summed E-state index contributed by atoms with van der Waals surface area (Å²) in [5.41, 5.74) is 2.35. The van der Waals surface area contributed by atoms with Crippen LogP contribution in [0, 0.1) is 0 Å². The second kappa shape index (κ2) is 5.83. The average Bonchev–Trinajstić information content (AvgIpc) is 3.23. The molecule has 108 valence electrons. The van der Waals surface area contributed by atoms with Crippen molar-refractivity contribution >= 4 is 11.5 Å². The summed E-state index contributed by atoms with van der Waals surface area (Å²) in [5.74, 6) is 1.17. The first-order valence-corrected chi connectivity index (χ1v) is 7.78. The van der Waals surface area contributed by atoms with Crippen molar-refractivity contribution in [1.82, 2.24) is 14.7 Å². The molecule has 20 heavy (non-hydrogen) atoms. The van der Waals surface area contributed by atoms with Crippen molar-refractivity contribution in [1.29, 1.82) is 0 Å². The van der Waals surface area contributed by atoms with E-state index in [1.54, 1.807) is 0 Å². The summed E-state index contributed by atoms with van der Waals surface area (Å²) in [5, 5.41) is 3.52. The average molecular weight is 272 g/mol. The van der Waals surface area contributed by atoms with E-state index in [1.165, 1.54) is 24.4 Å². The smallest absolute Gasteiger partial charge is 0.152 e. The standard InChI is InChI=1S/C16H24N4/c1-3-10-17-12-14-16(19(4-2)13-8-9-13)18-15-7-5-6-11-20(14)15/h5-7,11,13,17H,3-4,8-10,12H2,1-2H3. The fraction of sp³-hybridized carbons (Fsp3) is 0.562. The normalized spacial score (nSPS) is 14.9. The van der Waals surface area contributed by atoms with Crippen LogP contribution >= 0.6 is 0 Å². The molecule has 3 rings (SSSR count). The number of aromatic nitrogens is 2. The maximum absolute atomic E-state index is 4.87. The predicted molar refractivity (Wildman–Crippen MR) is 83.2 cm³/mol. The summed E-state index contributed by atoms with van der Waals surface area (Å²) < 4.78 is 2.23. The molecule has 0 amide bonds. The Morgan fingerprint density at radius 3 is 2.90 bits per heavy atom. The van der Waals surface area contributed by atoms with E-state index in [0.717, 1.165) is 31.7 Å². The van der Waals surface area contributed by atoms with E-state index >= 15 is 0 Å². The highest BCUT2D eigenvalue weighted by molar-refractivity contribution is 5.57. The van der Waals surface area contributed by atoms with Gasteiger partial charge in [-0.1, -0.05) is 13.0 Å². The SMILES string of the molecule is CCCNCc1c(N(CC)C2CC2)nc2ccccn12. The molecule has 0 spiro atoms. The van der Waals surface area contributed by atoms with Gasteiger partial charge in [0.05, 0.1) is 5.69 Å². The summed E-state index contributed by atoms with van der Waals surface area (Å²) in [6, 6.07) is 6.93. The van der Waals surface area contributed by atoms with Crippen LogP contribution in [0.3, 0.4) is 0 Å². The van der Waals surface area contributed by atoms with Crippen molar-refractivity contribution in [3.8, 4) is 0 Å². The Balaban J connectivity index is 1.97. The van der Waals surface area contributed by atoms with E-state index in [2.05, 4.69) is 52.9 Å². The Labute approximate surface area is 120 Å². The molecule has 2 heterocycles. The van der Waals surface area contributed by atoms with Crippen LogP contribution in [0.15, 0.2) is 24.4 Å². The minimum absolute atomic E-state index is 0.704. The first-order chi connectivity index (χ1) is 9.85. The number of nitrogens with zero attached hydrogens (tertiary/aromatic N) is 3. The van der Waals surface area contributed by atoms with Gasteiger partial charge >= 0.3 is 0 Å². The molecular weight excluding hydrogens is 248 g/mol. The van der Waals surface area contributed by atoms with Gasteiger partial charge in [-0.15, -0.1) is 0 Å². The van der Waals surface area contributed by atoms with Gasteiger partial charge in [0, 0.05) is 25.3 Å². The molecule has 1 aliphatic carbocycles. The van der Waals surface area contributed by atoms with Gasteiger partial charge in [0.2, 0.25) is 0 Å². The molecule has 2 aromatic rings. The minimum atomic E-state index is 0.704. The zero-order chi connectivity index (χ0) is 13.9. The number of fused-ring (bicyclic) bond motifs is 1. The highest BCUT2D eigenvalue weighted by Gasteiger charge is 2.31. The summed E-state index contributed by atoms with van der Waals surface area (Å²) in [7, 11) is 0. The van der Waals surface area contributed by atoms with Gasteiger partial charge in [0.15, 0.2) is 5.82 Å². The molecule has 1 N–H and O–H groups in total. The zero-order valence-electron chi connectivity index (χ0n) is 12.5. The molecule has 0 unspecified atom stereocenters. The molecule has 0 aromatic carbocycles. The Bertz CT molecular complexity index is 571. The van der Waals surface area contributed by atoms with E-state index in [4.69, 9.17) is 4.98 Å². The van der Waals surface area contributed by atoms with Crippen molar-refractivity contribution in [2.45, 2.75) is 45.7 Å². The van der Waals surface area contributed by atoms with Crippen LogP contribution in [0.25, 0.3) is 5.65 Å². The van der Waals surface area contributed by atoms with Gasteiger partial charge in [-0.3, -0.25) is 0 Å². The van der Waals surface area contributed by atoms with Crippen molar-refractivity contribution in [3.63, 3.8) is 0 Å². The number of hydrogen-bond acceptors (Lipinski definition) is 3. The van der Waals surface area contributed by atoms with Crippen molar-refractivity contribution < 1.29 is 0 Å². The fourth-order valence-electron chi connectivity index (χ4n) is 2.78. The van der Waals surface area contributed by atoms with E-state index in [1.807, 2.05) is 0 Å². The lowest BCUT2D eigenvalue weighted by molar-refractivity contribution is 0.657. The lowest BCUT2D eigenvalue weighted by Gasteiger charge is -2.21. The maximum atomic E-state index is 4.87. The molecule has 0 bridgehead atoms. The highest BCUT2D eigenvalue weighted by Crippen LogP contribution is 2.33. The molecule has 0 aliphatic heterocycles. The molecule has 4 nitrogen and oxygen atoms in total. The topological polar surface area (TPSA) is 32.6 Å². The van der Waals surface area contributed by atoms with Crippen LogP contribution in [-0.4, -0.2) is 28.5 Å². The minimum Gasteiger partial charge on any atom is -0.352 e. The monoisotopic (exact) mass is 272 g/mol. The third kappa shape index (κ3) is 2.52. The van der Waals surface area contributed by atoms with Gasteiger partial charge < -0.3 is 14.6 Å². The predicted octanol–water partition coefficient (Wildman–Crippen LogP) is 2.82. The van der Waals surface area contributed by atoms with Crippen LogP contribution in [0.2, 0.25) is 0 Å². The Kier molecular flexibility index (Phi) is 3.92. The van der Waals surface area contributed by atoms with Crippen LogP contribution < -0.4 is 10.2 Å². The largest absolute Gasteiger partial charge is 0.352 e. The van der Waals surface area contributed by atoms with Crippen molar-refractivity contribution in [2.24, 2.45) is 0 Å². The molecule has 0 atom stereocenters. The third-order valence-electron chi connectivity index (χ3n) is 3.93.